The zero-order valence-corrected chi connectivity index (χ0v) is 17.7. The molecule has 0 atom stereocenters. The summed E-state index contributed by atoms with van der Waals surface area (Å²) in [5, 5.41) is 10.8. The number of rotatable bonds is 5. The van der Waals surface area contributed by atoms with Crippen LogP contribution in [0.25, 0.3) is 11.0 Å². The van der Waals surface area contributed by atoms with Gasteiger partial charge in [0.05, 0.1) is 11.0 Å². The van der Waals surface area contributed by atoms with Crippen molar-refractivity contribution in [2.24, 2.45) is 5.41 Å². The molecule has 160 valence electrons. The number of nitrogens with one attached hydrogen (secondary N) is 2. The van der Waals surface area contributed by atoms with Gasteiger partial charge in [-0.15, -0.1) is 10.2 Å². The number of fused-ring (bicyclic) bond motifs is 1. The van der Waals surface area contributed by atoms with Crippen molar-refractivity contribution in [3.63, 3.8) is 0 Å². The Labute approximate surface area is 179 Å². The lowest BCUT2D eigenvalue weighted by Gasteiger charge is -2.60. The van der Waals surface area contributed by atoms with Crippen molar-refractivity contribution in [2.45, 2.75) is 19.9 Å². The molecule has 31 heavy (non-hydrogen) atoms. The molecule has 2 aromatic heterocycles. The number of benzene rings is 1. The molecule has 1 aromatic carbocycles. The van der Waals surface area contributed by atoms with Crippen LogP contribution in [0.5, 0.6) is 0 Å². The molecule has 1 spiro atoms. The zero-order valence-electron chi connectivity index (χ0n) is 17.7. The molecule has 0 bridgehead atoms. The summed E-state index contributed by atoms with van der Waals surface area (Å²) in [7, 11) is 1.58. The van der Waals surface area contributed by atoms with Gasteiger partial charge in [-0.25, -0.2) is 4.98 Å². The van der Waals surface area contributed by atoms with Crippen LogP contribution in [0.3, 0.4) is 0 Å². The number of amides is 1. The van der Waals surface area contributed by atoms with E-state index in [0.29, 0.717) is 23.2 Å². The second-order valence-electron chi connectivity index (χ2n) is 8.57. The summed E-state index contributed by atoms with van der Waals surface area (Å²) in [4.78, 5) is 35.7. The van der Waals surface area contributed by atoms with E-state index < -0.39 is 0 Å². The highest BCUT2D eigenvalue weighted by Gasteiger charge is 2.51. The van der Waals surface area contributed by atoms with E-state index in [4.69, 9.17) is 0 Å². The second kappa shape index (κ2) is 7.42. The summed E-state index contributed by atoms with van der Waals surface area (Å²) in [5.41, 5.74) is 3.92. The third-order valence-corrected chi connectivity index (χ3v) is 6.17. The van der Waals surface area contributed by atoms with Gasteiger partial charge in [0.25, 0.3) is 11.5 Å². The molecule has 4 heterocycles. The van der Waals surface area contributed by atoms with Gasteiger partial charge in [0, 0.05) is 45.2 Å². The first-order valence-corrected chi connectivity index (χ1v) is 10.5. The highest BCUT2D eigenvalue weighted by atomic mass is 16.1. The first kappa shape index (κ1) is 19.6. The van der Waals surface area contributed by atoms with Gasteiger partial charge >= 0.3 is 0 Å². The average molecular weight is 419 g/mol. The number of hydrogen-bond donors (Lipinski definition) is 2. The zero-order chi connectivity index (χ0) is 21.6. The lowest BCUT2D eigenvalue weighted by Crippen LogP contribution is -2.72. The quantitative estimate of drug-likeness (QED) is 0.634. The van der Waals surface area contributed by atoms with E-state index in [1.807, 2.05) is 25.1 Å². The summed E-state index contributed by atoms with van der Waals surface area (Å²) >= 11 is 0. The number of likely N-dealkylation sites (tertiary alicyclic amines) is 1. The summed E-state index contributed by atoms with van der Waals surface area (Å²) in [6.07, 6.45) is 0.629. The van der Waals surface area contributed by atoms with Crippen molar-refractivity contribution < 1.29 is 4.79 Å². The maximum absolute atomic E-state index is 12.0. The van der Waals surface area contributed by atoms with Crippen molar-refractivity contribution in [3.8, 4) is 0 Å². The molecular formula is C22H25N7O2. The fourth-order valence-electron chi connectivity index (χ4n) is 4.65. The molecule has 2 saturated heterocycles. The molecular weight excluding hydrogens is 394 g/mol. The topological polar surface area (TPSA) is 107 Å². The Morgan fingerprint density at radius 1 is 1.16 bits per heavy atom. The van der Waals surface area contributed by atoms with Gasteiger partial charge in [0.2, 0.25) is 0 Å². The van der Waals surface area contributed by atoms with E-state index in [1.54, 1.807) is 13.1 Å². The van der Waals surface area contributed by atoms with Crippen LogP contribution in [0, 0.1) is 5.41 Å². The van der Waals surface area contributed by atoms with Gasteiger partial charge in [-0.05, 0) is 36.2 Å². The van der Waals surface area contributed by atoms with Crippen molar-refractivity contribution in [3.05, 3.63) is 57.6 Å². The fourth-order valence-corrected chi connectivity index (χ4v) is 4.65. The Hall–Kier alpha value is -3.33. The number of anilines is 1. The van der Waals surface area contributed by atoms with Crippen LogP contribution in [-0.2, 0) is 13.0 Å². The highest BCUT2D eigenvalue weighted by Crippen LogP contribution is 2.41. The minimum atomic E-state index is -0.229. The summed E-state index contributed by atoms with van der Waals surface area (Å²) < 4.78 is 0. The van der Waals surface area contributed by atoms with Crippen LogP contribution >= 0.6 is 0 Å². The monoisotopic (exact) mass is 419 g/mol. The van der Waals surface area contributed by atoms with Gasteiger partial charge in [0.15, 0.2) is 11.5 Å². The Balaban J connectivity index is 1.17. The van der Waals surface area contributed by atoms with Crippen LogP contribution in [0.1, 0.15) is 28.7 Å². The highest BCUT2D eigenvalue weighted by molar-refractivity contribution is 5.91. The maximum atomic E-state index is 12.0. The summed E-state index contributed by atoms with van der Waals surface area (Å²) in [6, 6.07) is 9.68. The lowest BCUT2D eigenvalue weighted by molar-refractivity contribution is -0.0277. The summed E-state index contributed by atoms with van der Waals surface area (Å²) in [5.74, 6) is 0.585. The molecule has 0 radical (unpaired) electrons. The van der Waals surface area contributed by atoms with Gasteiger partial charge in [0.1, 0.15) is 5.69 Å². The van der Waals surface area contributed by atoms with Crippen LogP contribution in [-0.4, -0.2) is 64.2 Å². The first-order valence-electron chi connectivity index (χ1n) is 10.5. The fraction of sp³-hybridized carbons (Fsp3) is 0.409. The Morgan fingerprint density at radius 2 is 1.97 bits per heavy atom. The lowest BCUT2D eigenvalue weighted by atomic mass is 9.72. The number of aromatic nitrogens is 4. The smallest absolute Gasteiger partial charge is 0.271 e. The molecule has 0 saturated carbocycles. The van der Waals surface area contributed by atoms with Crippen molar-refractivity contribution in [1.29, 1.82) is 0 Å². The van der Waals surface area contributed by atoms with Gasteiger partial charge in [-0.2, -0.15) is 0 Å². The number of nitrogens with zero attached hydrogens (tertiary/aromatic N) is 5. The molecule has 2 N–H and O–H groups in total. The van der Waals surface area contributed by atoms with Crippen LogP contribution in [0.2, 0.25) is 0 Å². The number of H-pyrrole nitrogens is 1. The minimum Gasteiger partial charge on any atom is -0.354 e. The molecule has 2 fully saturated rings. The molecule has 9 nitrogen and oxygen atoms in total. The van der Waals surface area contributed by atoms with Crippen molar-refractivity contribution in [2.75, 3.05) is 38.1 Å². The molecule has 0 aliphatic carbocycles. The average Bonchev–Trinajstić information content (AvgIpc) is 2.73. The van der Waals surface area contributed by atoms with E-state index in [1.165, 1.54) is 5.56 Å². The van der Waals surface area contributed by atoms with Crippen LogP contribution in [0.4, 0.5) is 5.82 Å². The number of carbonyl (C=O) groups excluding carboxylic acids is 1. The molecule has 1 amide bonds. The largest absolute Gasteiger partial charge is 0.354 e. The molecule has 2 aliphatic heterocycles. The third kappa shape index (κ3) is 3.54. The molecule has 5 rings (SSSR count). The van der Waals surface area contributed by atoms with E-state index in [2.05, 4.69) is 41.3 Å². The minimum absolute atomic E-state index is 0.101. The predicted molar refractivity (Wildman–Crippen MR) is 117 cm³/mol. The van der Waals surface area contributed by atoms with Crippen LogP contribution in [0.15, 0.2) is 35.1 Å². The van der Waals surface area contributed by atoms with Gasteiger partial charge < -0.3 is 15.2 Å². The molecule has 0 unspecified atom stereocenters. The summed E-state index contributed by atoms with van der Waals surface area (Å²) in [6.45, 7) is 6.77. The first-order chi connectivity index (χ1) is 15.0. The Bertz CT molecular complexity index is 1190. The number of aromatic amines is 1. The SMILES string of the molecule is CCc1nc2ccc(CN3CC4(C3)CN(c3ccc(C(=O)NC)nn3)C4)cc2[nH]c1=O. The van der Waals surface area contributed by atoms with E-state index >= 15 is 0 Å². The predicted octanol–water partition coefficient (Wildman–Crippen LogP) is 0.957. The van der Waals surface area contributed by atoms with Gasteiger partial charge in [-0.1, -0.05) is 13.0 Å². The molecule has 9 heteroatoms. The number of hydrogen-bond acceptors (Lipinski definition) is 7. The standard InChI is InChI=1S/C22H25N7O2/c1-3-15-21(31)25-18-8-14(4-5-16(18)24-15)9-28-10-22(11-28)12-29(13-22)19-7-6-17(26-27-19)20(30)23-2/h4-8H,3,9-13H2,1-2H3,(H,23,30)(H,25,31). The van der Waals surface area contributed by atoms with Crippen LogP contribution < -0.4 is 15.8 Å². The molecule has 3 aromatic rings. The normalized spacial score (nSPS) is 17.4. The van der Waals surface area contributed by atoms with E-state index in [9.17, 15) is 9.59 Å². The third-order valence-electron chi connectivity index (χ3n) is 6.17. The number of carbonyl (C=O) groups is 1. The van der Waals surface area contributed by atoms with E-state index in [0.717, 1.165) is 49.6 Å². The van der Waals surface area contributed by atoms with Gasteiger partial charge in [-0.3, -0.25) is 14.5 Å². The van der Waals surface area contributed by atoms with Crippen molar-refractivity contribution >= 4 is 22.8 Å². The van der Waals surface area contributed by atoms with Crippen molar-refractivity contribution in [1.82, 2.24) is 30.4 Å². The molecule has 2 aliphatic rings. The van der Waals surface area contributed by atoms with E-state index in [-0.39, 0.29) is 11.5 Å². The second-order valence-corrected chi connectivity index (χ2v) is 8.57. The number of aryl methyl sites for hydroxylation is 1. The Kier molecular flexibility index (Phi) is 4.70. The Morgan fingerprint density at radius 3 is 2.65 bits per heavy atom. The maximum Gasteiger partial charge on any atom is 0.271 e.